The quantitative estimate of drug-likeness (QED) is 0.289. The third kappa shape index (κ3) is 11.0. The van der Waals surface area contributed by atoms with Crippen LogP contribution in [0.5, 0.6) is 0 Å². The van der Waals surface area contributed by atoms with Gasteiger partial charge in [-0.05, 0) is 42.5 Å². The molecule has 0 aliphatic heterocycles. The molecule has 12 heteroatoms. The minimum Gasteiger partial charge on any atom is -0.400 e. The van der Waals surface area contributed by atoms with Crippen LogP contribution in [0.25, 0.3) is 33.4 Å². The van der Waals surface area contributed by atoms with E-state index in [9.17, 15) is 0 Å². The molecular formula is C22H24N6OY5. The molecule has 0 spiro atoms. The second-order valence-electron chi connectivity index (χ2n) is 6.18. The van der Waals surface area contributed by atoms with E-state index in [2.05, 4.69) is 34.2 Å². The van der Waals surface area contributed by atoms with Crippen molar-refractivity contribution in [3.8, 4) is 11.4 Å². The van der Waals surface area contributed by atoms with Gasteiger partial charge in [0.2, 0.25) is 0 Å². The molecule has 1 N–H and O–H groups in total. The summed E-state index contributed by atoms with van der Waals surface area (Å²) in [6.45, 7) is 4.25. The van der Waals surface area contributed by atoms with Crippen molar-refractivity contribution in [2.24, 2.45) is 0 Å². The van der Waals surface area contributed by atoms with Crippen molar-refractivity contribution < 1.29 is 169 Å². The van der Waals surface area contributed by atoms with Crippen LogP contribution in [0.15, 0.2) is 72.8 Å². The molecule has 163 valence electrons. The Balaban J connectivity index is -0.000000898. The fourth-order valence-corrected chi connectivity index (χ4v) is 2.69. The van der Waals surface area contributed by atoms with Crippen LogP contribution in [0.3, 0.4) is 0 Å². The average molecular weight is 833 g/mol. The Kier molecular flexibility index (Phi) is 26.0. The minimum atomic E-state index is 0. The normalized spacial score (nSPS) is 8.71. The van der Waals surface area contributed by atoms with Crippen molar-refractivity contribution in [3.05, 3.63) is 72.8 Å². The van der Waals surface area contributed by atoms with Crippen LogP contribution in [0, 0.1) is 0 Å². The standard InChI is InChI=1S/C18H12N6.C3H8.CH4O.5Y/c1-2-9-16-15(8-1)19-23(20-16)13-6-5-7-14(12-13)24-21-17-10-3-4-11-18(17)22-24;1-3-2;1-2;;;;;/h1-12H;3H2,1-2H3;2H,1H3;;;;;. The molecular weight excluding hydrogens is 809 g/mol. The number of nitrogens with zero attached hydrogens (tertiary/aromatic N) is 6. The Morgan fingerprint density at radius 3 is 1.06 bits per heavy atom. The molecule has 0 aliphatic rings. The molecule has 0 aliphatic carbocycles. The maximum Gasteiger partial charge on any atom is 0.113 e. The van der Waals surface area contributed by atoms with E-state index in [0.29, 0.717) is 0 Å². The molecule has 0 fully saturated rings. The molecule has 3 aromatic carbocycles. The van der Waals surface area contributed by atoms with Crippen LogP contribution in [0.4, 0.5) is 0 Å². The minimum absolute atomic E-state index is 0. The molecule has 5 radical (unpaired) electrons. The number of aliphatic hydroxyl groups is 1. The third-order valence-electron chi connectivity index (χ3n) is 3.86. The predicted octanol–water partition coefficient (Wildman–Crippen LogP) is 4.17. The van der Waals surface area contributed by atoms with Gasteiger partial charge in [0, 0.05) is 171 Å². The van der Waals surface area contributed by atoms with Gasteiger partial charge in [-0.3, -0.25) is 0 Å². The third-order valence-corrected chi connectivity index (χ3v) is 3.86. The van der Waals surface area contributed by atoms with E-state index in [1.165, 1.54) is 6.42 Å². The van der Waals surface area contributed by atoms with E-state index in [1.54, 1.807) is 9.59 Å². The summed E-state index contributed by atoms with van der Waals surface area (Å²) in [6.07, 6.45) is 1.25. The smallest absolute Gasteiger partial charge is 0.113 e. The van der Waals surface area contributed by atoms with Gasteiger partial charge in [-0.2, -0.15) is 9.59 Å². The van der Waals surface area contributed by atoms with E-state index in [1.807, 2.05) is 72.8 Å². The predicted molar refractivity (Wildman–Crippen MR) is 115 cm³/mol. The van der Waals surface area contributed by atoms with Crippen molar-refractivity contribution in [2.45, 2.75) is 20.3 Å². The Morgan fingerprint density at radius 1 is 0.529 bits per heavy atom. The average Bonchev–Trinajstić information content (AvgIpc) is 3.40. The van der Waals surface area contributed by atoms with Gasteiger partial charge in [0.1, 0.15) is 22.1 Å². The van der Waals surface area contributed by atoms with Gasteiger partial charge >= 0.3 is 0 Å². The van der Waals surface area contributed by atoms with E-state index < -0.39 is 0 Å². The van der Waals surface area contributed by atoms with Crippen LogP contribution in [-0.2, 0) is 164 Å². The fourth-order valence-electron chi connectivity index (χ4n) is 2.69. The van der Waals surface area contributed by atoms with E-state index in [4.69, 9.17) is 5.11 Å². The number of rotatable bonds is 2. The molecule has 2 heterocycles. The summed E-state index contributed by atoms with van der Waals surface area (Å²) in [5, 5.41) is 25.1. The van der Waals surface area contributed by atoms with E-state index in [-0.39, 0.29) is 164 Å². The number of hydrogen-bond donors (Lipinski definition) is 1. The zero-order valence-corrected chi connectivity index (χ0v) is 33.8. The monoisotopic (exact) mass is 833 g/mol. The number of fused-ring (bicyclic) bond motifs is 2. The zero-order valence-electron chi connectivity index (χ0n) is 19.7. The van der Waals surface area contributed by atoms with Gasteiger partial charge < -0.3 is 5.11 Å². The Hall–Kier alpha value is 1.94. The second-order valence-corrected chi connectivity index (χ2v) is 6.18. The van der Waals surface area contributed by atoms with Crippen molar-refractivity contribution in [1.82, 2.24) is 30.0 Å². The maximum atomic E-state index is 7.00. The van der Waals surface area contributed by atoms with Crippen molar-refractivity contribution in [2.75, 3.05) is 7.11 Å². The molecule has 0 amide bonds. The summed E-state index contributed by atoms with van der Waals surface area (Å²) in [5.74, 6) is 0. The van der Waals surface area contributed by atoms with Crippen LogP contribution < -0.4 is 0 Å². The maximum absolute atomic E-state index is 7.00. The molecule has 5 rings (SSSR count). The summed E-state index contributed by atoms with van der Waals surface area (Å²) in [4.78, 5) is 3.27. The largest absolute Gasteiger partial charge is 0.400 e. The first-order chi connectivity index (χ1) is 14.3. The van der Waals surface area contributed by atoms with Gasteiger partial charge in [-0.25, -0.2) is 0 Å². The van der Waals surface area contributed by atoms with Gasteiger partial charge in [0.15, 0.2) is 0 Å². The SMILES string of the molecule is CCC.CO.[Y].[Y].[Y].[Y].[Y].c1cc(-n2nc3ccccc3n2)cc(-n2nc3ccccc3n2)c1. The first-order valence-electron chi connectivity index (χ1n) is 9.48. The molecule has 0 atom stereocenters. The van der Waals surface area contributed by atoms with Gasteiger partial charge in [0.05, 0.1) is 11.4 Å². The topological polar surface area (TPSA) is 81.6 Å². The second kappa shape index (κ2) is 21.8. The van der Waals surface area contributed by atoms with Gasteiger partial charge in [-0.15, -0.1) is 20.4 Å². The molecule has 0 bridgehead atoms. The summed E-state index contributed by atoms with van der Waals surface area (Å²) >= 11 is 0. The molecule has 2 aromatic heterocycles. The number of aromatic nitrogens is 6. The van der Waals surface area contributed by atoms with Crippen molar-refractivity contribution in [3.63, 3.8) is 0 Å². The Bertz CT molecular complexity index is 1060. The summed E-state index contributed by atoms with van der Waals surface area (Å²) in [5.41, 5.74) is 5.20. The summed E-state index contributed by atoms with van der Waals surface area (Å²) in [6, 6.07) is 23.5. The zero-order chi connectivity index (χ0) is 20.6. The van der Waals surface area contributed by atoms with Gasteiger partial charge in [0.25, 0.3) is 0 Å². The van der Waals surface area contributed by atoms with Crippen LogP contribution in [0.2, 0.25) is 0 Å². The first-order valence-corrected chi connectivity index (χ1v) is 9.48. The molecule has 34 heavy (non-hydrogen) atoms. The van der Waals surface area contributed by atoms with Crippen LogP contribution in [-0.4, -0.2) is 42.2 Å². The summed E-state index contributed by atoms with van der Waals surface area (Å²) in [7, 11) is 1.00. The van der Waals surface area contributed by atoms with Crippen LogP contribution >= 0.6 is 0 Å². The van der Waals surface area contributed by atoms with Crippen molar-refractivity contribution in [1.29, 1.82) is 0 Å². The van der Waals surface area contributed by atoms with Gasteiger partial charge in [-0.1, -0.05) is 50.6 Å². The van der Waals surface area contributed by atoms with E-state index >= 15 is 0 Å². The fraction of sp³-hybridized carbons (Fsp3) is 0.182. The van der Waals surface area contributed by atoms with Crippen molar-refractivity contribution >= 4 is 22.1 Å². The number of benzene rings is 3. The Morgan fingerprint density at radius 2 is 0.794 bits per heavy atom. The molecule has 0 saturated carbocycles. The summed E-state index contributed by atoms with van der Waals surface area (Å²) < 4.78 is 0. The van der Waals surface area contributed by atoms with Crippen LogP contribution in [0.1, 0.15) is 20.3 Å². The first kappa shape index (κ1) is 40.4. The van der Waals surface area contributed by atoms with E-state index in [0.717, 1.165) is 40.6 Å². The number of aliphatic hydroxyl groups excluding tert-OH is 1. The Labute approximate surface area is 326 Å². The molecule has 0 unspecified atom stereocenters. The molecule has 5 aromatic rings. The molecule has 7 nitrogen and oxygen atoms in total. The number of hydrogen-bond acceptors (Lipinski definition) is 5. The molecule has 0 saturated heterocycles.